The van der Waals surface area contributed by atoms with Crippen molar-refractivity contribution in [1.29, 1.82) is 0 Å². The molecule has 4 nitrogen and oxygen atoms in total. The number of aliphatic hydroxyl groups is 1. The van der Waals surface area contributed by atoms with E-state index in [4.69, 9.17) is 10.8 Å². The maximum absolute atomic E-state index is 10.6. The maximum atomic E-state index is 10.6. The molecule has 0 fully saturated rings. The average molecular weight is 147 g/mol. The summed E-state index contributed by atoms with van der Waals surface area (Å²) in [5, 5.41) is 8.49. The van der Waals surface area contributed by atoms with Gasteiger partial charge in [-0.05, 0) is 20.8 Å². The minimum atomic E-state index is -1.53. The summed E-state index contributed by atoms with van der Waals surface area (Å²) in [4.78, 5) is 10.6. The molecule has 0 aromatic carbocycles. The fourth-order valence-corrected chi connectivity index (χ4v) is 0.362. The van der Waals surface area contributed by atoms with E-state index in [2.05, 4.69) is 4.74 Å². The zero-order valence-corrected chi connectivity index (χ0v) is 6.42. The van der Waals surface area contributed by atoms with Gasteiger partial charge in [0.1, 0.15) is 5.60 Å². The summed E-state index contributed by atoms with van der Waals surface area (Å²) in [6, 6.07) is 0. The molecule has 1 atom stereocenters. The Morgan fingerprint density at radius 2 is 2.00 bits per heavy atom. The van der Waals surface area contributed by atoms with Crippen LogP contribution in [-0.4, -0.2) is 22.9 Å². The molecule has 0 aromatic rings. The molecular weight excluding hydrogens is 134 g/mol. The van der Waals surface area contributed by atoms with E-state index >= 15 is 0 Å². The van der Waals surface area contributed by atoms with Crippen molar-refractivity contribution in [3.63, 3.8) is 0 Å². The van der Waals surface area contributed by atoms with Gasteiger partial charge in [0.05, 0.1) is 0 Å². The van der Waals surface area contributed by atoms with Gasteiger partial charge in [0.15, 0.2) is 0 Å². The third-order valence-corrected chi connectivity index (χ3v) is 0.648. The number of hydrogen-bond acceptors (Lipinski definition) is 4. The molecule has 60 valence electrons. The van der Waals surface area contributed by atoms with Crippen LogP contribution in [0.5, 0.6) is 0 Å². The lowest BCUT2D eigenvalue weighted by atomic mass is 10.2. The molecule has 1 unspecified atom stereocenters. The molecule has 0 aliphatic carbocycles. The fraction of sp³-hybridized carbons (Fsp3) is 0.833. The van der Waals surface area contributed by atoms with Crippen molar-refractivity contribution in [3.05, 3.63) is 0 Å². The summed E-state index contributed by atoms with van der Waals surface area (Å²) in [6.45, 7) is 5.11. The third kappa shape index (κ3) is 4.29. The Morgan fingerprint density at radius 3 is 2.10 bits per heavy atom. The third-order valence-electron chi connectivity index (χ3n) is 0.648. The molecule has 0 aromatic heterocycles. The first-order valence-electron chi connectivity index (χ1n) is 2.99. The van der Waals surface area contributed by atoms with Gasteiger partial charge in [-0.3, -0.25) is 5.73 Å². The molecule has 0 aliphatic rings. The van der Waals surface area contributed by atoms with Gasteiger partial charge in [-0.15, -0.1) is 0 Å². The van der Waals surface area contributed by atoms with Crippen LogP contribution >= 0.6 is 0 Å². The van der Waals surface area contributed by atoms with Crippen molar-refractivity contribution < 1.29 is 14.6 Å². The first-order valence-corrected chi connectivity index (χ1v) is 2.99. The molecule has 10 heavy (non-hydrogen) atoms. The Hall–Kier alpha value is -0.610. The SMILES string of the molecule is CC(C)(C)OC(=O)C(N)O. The standard InChI is InChI=1S/C6H13NO3/c1-6(2,3)10-5(9)4(7)8/h4,8H,7H2,1-3H3. The molecule has 0 amide bonds. The van der Waals surface area contributed by atoms with Crippen molar-refractivity contribution >= 4 is 5.97 Å². The second kappa shape index (κ2) is 2.98. The Balaban J connectivity index is 3.81. The van der Waals surface area contributed by atoms with E-state index in [-0.39, 0.29) is 0 Å². The van der Waals surface area contributed by atoms with Crippen LogP contribution in [-0.2, 0) is 9.53 Å². The van der Waals surface area contributed by atoms with Crippen molar-refractivity contribution in [2.45, 2.75) is 32.6 Å². The molecule has 3 N–H and O–H groups in total. The van der Waals surface area contributed by atoms with Gasteiger partial charge in [-0.1, -0.05) is 0 Å². The van der Waals surface area contributed by atoms with Crippen LogP contribution in [0.15, 0.2) is 0 Å². The second-order valence-electron chi connectivity index (χ2n) is 2.98. The van der Waals surface area contributed by atoms with Crippen LogP contribution in [0.25, 0.3) is 0 Å². The molecular formula is C6H13NO3. The predicted octanol–water partition coefficient (Wildman–Crippen LogP) is -0.395. The molecule has 4 heteroatoms. The number of carbonyl (C=O) groups is 1. The number of hydrogen-bond donors (Lipinski definition) is 2. The van der Waals surface area contributed by atoms with Gasteiger partial charge in [0.25, 0.3) is 0 Å². The quantitative estimate of drug-likeness (QED) is 0.391. The smallest absolute Gasteiger partial charge is 0.350 e. The van der Waals surface area contributed by atoms with Crippen molar-refractivity contribution in [3.8, 4) is 0 Å². The largest absolute Gasteiger partial charge is 0.457 e. The van der Waals surface area contributed by atoms with Crippen molar-refractivity contribution in [2.75, 3.05) is 0 Å². The summed E-state index contributed by atoms with van der Waals surface area (Å²) < 4.78 is 4.69. The Morgan fingerprint density at radius 1 is 1.60 bits per heavy atom. The monoisotopic (exact) mass is 147 g/mol. The number of esters is 1. The topological polar surface area (TPSA) is 72.5 Å². The van der Waals surface area contributed by atoms with E-state index in [1.165, 1.54) is 0 Å². The van der Waals surface area contributed by atoms with E-state index < -0.39 is 17.8 Å². The predicted molar refractivity (Wildman–Crippen MR) is 36.0 cm³/mol. The number of aliphatic hydroxyl groups excluding tert-OH is 1. The zero-order valence-electron chi connectivity index (χ0n) is 6.42. The lowest BCUT2D eigenvalue weighted by molar-refractivity contribution is -0.164. The summed E-state index contributed by atoms with van der Waals surface area (Å²) in [5.74, 6) is -0.799. The minimum absolute atomic E-state index is 0.586. The van der Waals surface area contributed by atoms with Crippen LogP contribution < -0.4 is 5.73 Å². The highest BCUT2D eigenvalue weighted by Crippen LogP contribution is 2.06. The van der Waals surface area contributed by atoms with E-state index in [9.17, 15) is 4.79 Å². The summed E-state index contributed by atoms with van der Waals surface area (Å²) in [5.41, 5.74) is 4.24. The van der Waals surface area contributed by atoms with Crippen LogP contribution in [0.4, 0.5) is 0 Å². The van der Waals surface area contributed by atoms with Gasteiger partial charge in [0.2, 0.25) is 6.23 Å². The molecule has 0 saturated carbocycles. The van der Waals surface area contributed by atoms with Crippen LogP contribution in [0.2, 0.25) is 0 Å². The average Bonchev–Trinajstić information content (AvgIpc) is 1.60. The first-order chi connectivity index (χ1) is 4.33. The Labute approximate surface area is 60.0 Å². The summed E-state index contributed by atoms with van der Waals surface area (Å²) in [7, 11) is 0. The normalized spacial score (nSPS) is 14.5. The number of rotatable bonds is 1. The van der Waals surface area contributed by atoms with Crippen LogP contribution in [0.1, 0.15) is 20.8 Å². The van der Waals surface area contributed by atoms with Crippen molar-refractivity contribution in [1.82, 2.24) is 0 Å². The fourth-order valence-electron chi connectivity index (χ4n) is 0.362. The minimum Gasteiger partial charge on any atom is -0.457 e. The molecule has 0 bridgehead atoms. The number of carbonyl (C=O) groups excluding carboxylic acids is 1. The first kappa shape index (κ1) is 9.39. The Kier molecular flexibility index (Phi) is 2.80. The molecule has 0 saturated heterocycles. The number of ether oxygens (including phenoxy) is 1. The zero-order chi connectivity index (χ0) is 8.36. The van der Waals surface area contributed by atoms with Crippen LogP contribution in [0.3, 0.4) is 0 Å². The van der Waals surface area contributed by atoms with Gasteiger partial charge < -0.3 is 9.84 Å². The van der Waals surface area contributed by atoms with Gasteiger partial charge >= 0.3 is 5.97 Å². The van der Waals surface area contributed by atoms with Crippen LogP contribution in [0, 0.1) is 0 Å². The van der Waals surface area contributed by atoms with Crippen molar-refractivity contribution in [2.24, 2.45) is 5.73 Å². The van der Waals surface area contributed by atoms with Gasteiger partial charge in [-0.2, -0.15) is 0 Å². The molecule has 0 heterocycles. The molecule has 0 aliphatic heterocycles. The Bertz CT molecular complexity index is 125. The van der Waals surface area contributed by atoms with Gasteiger partial charge in [0, 0.05) is 0 Å². The summed E-state index contributed by atoms with van der Waals surface area (Å²) >= 11 is 0. The van der Waals surface area contributed by atoms with E-state index in [0.29, 0.717) is 0 Å². The highest BCUT2D eigenvalue weighted by Gasteiger charge is 2.19. The highest BCUT2D eigenvalue weighted by molar-refractivity contribution is 5.73. The molecule has 0 spiro atoms. The summed E-state index contributed by atoms with van der Waals surface area (Å²) in [6.07, 6.45) is -1.53. The maximum Gasteiger partial charge on any atom is 0.350 e. The highest BCUT2D eigenvalue weighted by atomic mass is 16.6. The second-order valence-corrected chi connectivity index (χ2v) is 2.98. The molecule has 0 radical (unpaired) electrons. The van der Waals surface area contributed by atoms with Gasteiger partial charge in [-0.25, -0.2) is 4.79 Å². The van der Waals surface area contributed by atoms with E-state index in [1.54, 1.807) is 20.8 Å². The lowest BCUT2D eigenvalue weighted by Gasteiger charge is -2.20. The lowest BCUT2D eigenvalue weighted by Crippen LogP contribution is -2.36. The van der Waals surface area contributed by atoms with E-state index in [1.807, 2.05) is 0 Å². The number of nitrogens with two attached hydrogens (primary N) is 1. The molecule has 0 rings (SSSR count). The van der Waals surface area contributed by atoms with E-state index in [0.717, 1.165) is 0 Å².